The predicted octanol–water partition coefficient (Wildman–Crippen LogP) is 3.36. The summed E-state index contributed by atoms with van der Waals surface area (Å²) < 4.78 is 5.09. The van der Waals surface area contributed by atoms with E-state index in [1.165, 1.54) is 11.3 Å². The maximum absolute atomic E-state index is 6.10. The lowest BCUT2D eigenvalue weighted by molar-refractivity contribution is 0.178. The van der Waals surface area contributed by atoms with Crippen LogP contribution in [0.2, 0.25) is 5.15 Å². The number of para-hydroxylation sites is 1. The number of benzene rings is 1. The van der Waals surface area contributed by atoms with E-state index in [0.717, 1.165) is 25.2 Å². The summed E-state index contributed by atoms with van der Waals surface area (Å²) in [6, 6.07) is 10.2. The molecule has 5 heteroatoms. The van der Waals surface area contributed by atoms with Crippen LogP contribution in [0.25, 0.3) is 0 Å². The number of ether oxygens (including phenoxy) is 1. The molecule has 3 rings (SSSR count). The lowest BCUT2D eigenvalue weighted by Gasteiger charge is -2.30. The Kier molecular flexibility index (Phi) is 3.85. The van der Waals surface area contributed by atoms with Crippen LogP contribution in [0.4, 0.5) is 11.5 Å². The van der Waals surface area contributed by atoms with Crippen molar-refractivity contribution in [2.75, 3.05) is 18.6 Å². The lowest BCUT2D eigenvalue weighted by atomic mass is 10.0. The number of methoxy groups -OCH3 is 1. The normalized spacial score (nSPS) is 14.2. The summed E-state index contributed by atoms with van der Waals surface area (Å²) in [5.74, 6) is 1.45. The molecular formula is C15H16ClN3O. The Bertz CT molecular complexity index is 618. The van der Waals surface area contributed by atoms with Gasteiger partial charge in [-0.05, 0) is 24.5 Å². The molecule has 0 saturated carbocycles. The Morgan fingerprint density at radius 3 is 3.00 bits per heavy atom. The first kappa shape index (κ1) is 13.3. The molecule has 0 aliphatic carbocycles. The third kappa shape index (κ3) is 2.62. The van der Waals surface area contributed by atoms with Crippen molar-refractivity contribution in [3.8, 4) is 0 Å². The summed E-state index contributed by atoms with van der Waals surface area (Å²) in [6.45, 7) is 1.31. The largest absolute Gasteiger partial charge is 0.377 e. The quantitative estimate of drug-likeness (QED) is 0.812. The molecule has 1 aliphatic rings. The number of aryl methyl sites for hydroxylation is 1. The second-order valence-electron chi connectivity index (χ2n) is 4.78. The zero-order valence-electron chi connectivity index (χ0n) is 11.3. The van der Waals surface area contributed by atoms with Crippen molar-refractivity contribution in [2.45, 2.75) is 19.4 Å². The molecule has 0 bridgehead atoms. The number of halogens is 1. The smallest absolute Gasteiger partial charge is 0.158 e. The fourth-order valence-electron chi connectivity index (χ4n) is 2.56. The molecule has 1 aromatic heterocycles. The Labute approximate surface area is 123 Å². The maximum Gasteiger partial charge on any atom is 0.158 e. The maximum atomic E-state index is 6.10. The first-order chi connectivity index (χ1) is 9.78. The highest BCUT2D eigenvalue weighted by Crippen LogP contribution is 2.32. The van der Waals surface area contributed by atoms with Crippen LogP contribution in [0.15, 0.2) is 30.3 Å². The second-order valence-corrected chi connectivity index (χ2v) is 5.17. The average molecular weight is 290 g/mol. The van der Waals surface area contributed by atoms with Gasteiger partial charge in [-0.1, -0.05) is 29.8 Å². The summed E-state index contributed by atoms with van der Waals surface area (Å²) in [4.78, 5) is 10.9. The van der Waals surface area contributed by atoms with Gasteiger partial charge in [0, 0.05) is 25.4 Å². The van der Waals surface area contributed by atoms with Crippen LogP contribution in [-0.4, -0.2) is 23.6 Å². The molecule has 104 valence electrons. The molecule has 4 nitrogen and oxygen atoms in total. The van der Waals surface area contributed by atoms with Gasteiger partial charge in [-0.25, -0.2) is 9.97 Å². The van der Waals surface area contributed by atoms with E-state index in [2.05, 4.69) is 39.1 Å². The third-order valence-corrected chi connectivity index (χ3v) is 3.58. The van der Waals surface area contributed by atoms with Crippen molar-refractivity contribution in [1.82, 2.24) is 9.97 Å². The molecule has 0 unspecified atom stereocenters. The van der Waals surface area contributed by atoms with E-state index in [1.807, 2.05) is 6.07 Å². The highest BCUT2D eigenvalue weighted by Gasteiger charge is 2.19. The van der Waals surface area contributed by atoms with Crippen LogP contribution in [0.5, 0.6) is 0 Å². The lowest BCUT2D eigenvalue weighted by Crippen LogP contribution is -2.25. The Morgan fingerprint density at radius 1 is 1.30 bits per heavy atom. The molecular weight excluding hydrogens is 274 g/mol. The van der Waals surface area contributed by atoms with Crippen molar-refractivity contribution in [2.24, 2.45) is 0 Å². The van der Waals surface area contributed by atoms with Crippen LogP contribution < -0.4 is 4.90 Å². The number of rotatable bonds is 3. The Hall–Kier alpha value is -1.65. The minimum Gasteiger partial charge on any atom is -0.377 e. The van der Waals surface area contributed by atoms with Crippen LogP contribution in [0.3, 0.4) is 0 Å². The molecule has 2 aromatic rings. The monoisotopic (exact) mass is 289 g/mol. The van der Waals surface area contributed by atoms with Crippen molar-refractivity contribution in [3.05, 3.63) is 46.9 Å². The Balaban J connectivity index is 2.01. The number of anilines is 2. The highest BCUT2D eigenvalue weighted by atomic mass is 35.5. The van der Waals surface area contributed by atoms with Gasteiger partial charge in [-0.15, -0.1) is 0 Å². The summed E-state index contributed by atoms with van der Waals surface area (Å²) in [7, 11) is 1.63. The van der Waals surface area contributed by atoms with E-state index >= 15 is 0 Å². The first-order valence-corrected chi connectivity index (χ1v) is 7.03. The number of aromatic nitrogens is 2. The SMILES string of the molecule is COCc1nc(Cl)cc(N2CCCc3ccccc32)n1. The van der Waals surface area contributed by atoms with Crippen molar-refractivity contribution in [3.63, 3.8) is 0 Å². The predicted molar refractivity (Wildman–Crippen MR) is 79.5 cm³/mol. The topological polar surface area (TPSA) is 38.2 Å². The number of hydrogen-bond donors (Lipinski definition) is 0. The third-order valence-electron chi connectivity index (χ3n) is 3.39. The van der Waals surface area contributed by atoms with E-state index in [0.29, 0.717) is 17.6 Å². The van der Waals surface area contributed by atoms with E-state index in [-0.39, 0.29) is 0 Å². The van der Waals surface area contributed by atoms with Crippen molar-refractivity contribution >= 4 is 23.1 Å². The molecule has 0 fully saturated rings. The van der Waals surface area contributed by atoms with Crippen molar-refractivity contribution in [1.29, 1.82) is 0 Å². The molecule has 0 N–H and O–H groups in total. The molecule has 1 aliphatic heterocycles. The summed E-state index contributed by atoms with van der Waals surface area (Å²) in [6.07, 6.45) is 2.22. The first-order valence-electron chi connectivity index (χ1n) is 6.66. The molecule has 2 heterocycles. The second kappa shape index (κ2) is 5.77. The molecule has 1 aromatic carbocycles. The fraction of sp³-hybridized carbons (Fsp3) is 0.333. The van der Waals surface area contributed by atoms with Gasteiger partial charge in [0.25, 0.3) is 0 Å². The summed E-state index contributed by atoms with van der Waals surface area (Å²) in [5, 5.41) is 0.449. The van der Waals surface area contributed by atoms with Crippen LogP contribution in [-0.2, 0) is 17.8 Å². The van der Waals surface area contributed by atoms with Crippen LogP contribution >= 0.6 is 11.6 Å². The molecule has 0 amide bonds. The van der Waals surface area contributed by atoms with Gasteiger partial charge >= 0.3 is 0 Å². The van der Waals surface area contributed by atoms with E-state index in [1.54, 1.807) is 7.11 Å². The van der Waals surface area contributed by atoms with Gasteiger partial charge < -0.3 is 9.64 Å². The van der Waals surface area contributed by atoms with Gasteiger partial charge in [0.2, 0.25) is 0 Å². The minimum atomic E-state index is 0.364. The fourth-order valence-corrected chi connectivity index (χ4v) is 2.75. The van der Waals surface area contributed by atoms with Crippen molar-refractivity contribution < 1.29 is 4.74 Å². The zero-order valence-corrected chi connectivity index (χ0v) is 12.1. The summed E-state index contributed by atoms with van der Waals surface area (Å²) >= 11 is 6.10. The zero-order chi connectivity index (χ0) is 13.9. The molecule has 20 heavy (non-hydrogen) atoms. The van der Waals surface area contributed by atoms with Gasteiger partial charge in [-0.2, -0.15) is 0 Å². The number of fused-ring (bicyclic) bond motifs is 1. The van der Waals surface area contributed by atoms with E-state index < -0.39 is 0 Å². The minimum absolute atomic E-state index is 0.364. The highest BCUT2D eigenvalue weighted by molar-refractivity contribution is 6.29. The van der Waals surface area contributed by atoms with Crippen LogP contribution in [0.1, 0.15) is 17.8 Å². The standard InChI is InChI=1S/C15H16ClN3O/c1-20-10-14-17-13(16)9-15(18-14)19-8-4-6-11-5-2-3-7-12(11)19/h2-3,5,7,9H,4,6,8,10H2,1H3. The molecule has 0 saturated heterocycles. The number of nitrogens with zero attached hydrogens (tertiary/aromatic N) is 3. The van der Waals surface area contributed by atoms with Crippen LogP contribution in [0, 0.1) is 0 Å². The average Bonchev–Trinajstić information content (AvgIpc) is 2.46. The van der Waals surface area contributed by atoms with Gasteiger partial charge in [0.15, 0.2) is 5.82 Å². The number of hydrogen-bond acceptors (Lipinski definition) is 4. The van der Waals surface area contributed by atoms with Gasteiger partial charge in [0.1, 0.15) is 17.6 Å². The molecule has 0 atom stereocenters. The summed E-state index contributed by atoms with van der Waals surface area (Å²) in [5.41, 5.74) is 2.55. The van der Waals surface area contributed by atoms with E-state index in [9.17, 15) is 0 Å². The molecule has 0 radical (unpaired) electrons. The Morgan fingerprint density at radius 2 is 2.15 bits per heavy atom. The van der Waals surface area contributed by atoms with Gasteiger partial charge in [0.05, 0.1) is 0 Å². The molecule has 0 spiro atoms. The van der Waals surface area contributed by atoms with E-state index in [4.69, 9.17) is 16.3 Å². The van der Waals surface area contributed by atoms with Gasteiger partial charge in [-0.3, -0.25) is 0 Å².